The Labute approximate surface area is 129 Å². The number of hydrazine groups is 1. The molecule has 21 heavy (non-hydrogen) atoms. The van der Waals surface area contributed by atoms with Gasteiger partial charge < -0.3 is 10.7 Å². The van der Waals surface area contributed by atoms with Gasteiger partial charge in [-0.2, -0.15) is 0 Å². The van der Waals surface area contributed by atoms with Gasteiger partial charge >= 0.3 is 0 Å². The normalized spacial score (nSPS) is 11.5. The van der Waals surface area contributed by atoms with Gasteiger partial charge in [-0.15, -0.1) is 0 Å². The molecule has 5 heteroatoms. The van der Waals surface area contributed by atoms with Crippen molar-refractivity contribution in [3.8, 4) is 0 Å². The maximum absolute atomic E-state index is 5.54. The molecule has 0 aliphatic carbocycles. The molecule has 1 aromatic rings. The molecule has 0 aliphatic heterocycles. The van der Waals surface area contributed by atoms with Crippen LogP contribution in [0.3, 0.4) is 0 Å². The number of nitrogens with two attached hydrogens (primary N) is 1. The second-order valence-electron chi connectivity index (χ2n) is 6.43. The summed E-state index contributed by atoms with van der Waals surface area (Å²) in [6.07, 6.45) is 5.87. The van der Waals surface area contributed by atoms with Gasteiger partial charge in [0.1, 0.15) is 17.5 Å². The van der Waals surface area contributed by atoms with E-state index in [1.165, 1.54) is 25.7 Å². The molecule has 0 bridgehead atoms. The van der Waals surface area contributed by atoms with E-state index in [9.17, 15) is 0 Å². The van der Waals surface area contributed by atoms with Gasteiger partial charge in [-0.05, 0) is 18.8 Å². The van der Waals surface area contributed by atoms with Crippen molar-refractivity contribution in [2.75, 3.05) is 17.3 Å². The molecule has 0 radical (unpaired) electrons. The van der Waals surface area contributed by atoms with Crippen LogP contribution in [0.2, 0.25) is 0 Å². The van der Waals surface area contributed by atoms with Crippen LogP contribution in [-0.2, 0) is 6.42 Å². The zero-order chi connectivity index (χ0) is 15.9. The van der Waals surface area contributed by atoms with Gasteiger partial charge in [0, 0.05) is 18.5 Å². The molecule has 5 nitrogen and oxygen atoms in total. The molecule has 0 spiro atoms. The fourth-order valence-electron chi connectivity index (χ4n) is 2.30. The van der Waals surface area contributed by atoms with E-state index in [0.29, 0.717) is 5.82 Å². The van der Waals surface area contributed by atoms with Crippen molar-refractivity contribution >= 4 is 11.6 Å². The largest absolute Gasteiger partial charge is 0.369 e. The summed E-state index contributed by atoms with van der Waals surface area (Å²) in [6.45, 7) is 11.8. The number of aromatic nitrogens is 2. The molecule has 120 valence electrons. The van der Waals surface area contributed by atoms with Crippen molar-refractivity contribution < 1.29 is 0 Å². The zero-order valence-corrected chi connectivity index (χ0v) is 14.2. The molecular formula is C16H31N5. The molecule has 1 rings (SSSR count). The summed E-state index contributed by atoms with van der Waals surface area (Å²) in [7, 11) is 0. The number of nitrogens with one attached hydrogen (secondary N) is 2. The third kappa shape index (κ3) is 5.50. The van der Waals surface area contributed by atoms with Crippen LogP contribution in [0.25, 0.3) is 0 Å². The summed E-state index contributed by atoms with van der Waals surface area (Å²) in [6, 6.07) is 0. The molecule has 0 saturated heterocycles. The third-order valence-electron chi connectivity index (χ3n) is 3.84. The van der Waals surface area contributed by atoms with Crippen molar-refractivity contribution in [1.29, 1.82) is 0 Å². The lowest BCUT2D eigenvalue weighted by molar-refractivity contribution is 0.342. The van der Waals surface area contributed by atoms with Gasteiger partial charge in [0.15, 0.2) is 0 Å². The molecule has 4 N–H and O–H groups in total. The number of anilines is 2. The first-order valence-corrected chi connectivity index (χ1v) is 8.01. The number of nitrogen functional groups attached to an aromatic ring is 1. The van der Waals surface area contributed by atoms with Crippen LogP contribution in [0.4, 0.5) is 11.6 Å². The third-order valence-corrected chi connectivity index (χ3v) is 3.84. The van der Waals surface area contributed by atoms with Crippen molar-refractivity contribution in [2.24, 2.45) is 11.3 Å². The first-order valence-electron chi connectivity index (χ1n) is 8.01. The zero-order valence-electron chi connectivity index (χ0n) is 14.2. The Kier molecular flexibility index (Phi) is 6.89. The number of unbranched alkanes of at least 4 members (excludes halogenated alkanes) is 2. The van der Waals surface area contributed by atoms with Crippen LogP contribution in [0.1, 0.15) is 64.8 Å². The Morgan fingerprint density at radius 1 is 1.10 bits per heavy atom. The van der Waals surface area contributed by atoms with Gasteiger partial charge in [0.2, 0.25) is 0 Å². The first kappa shape index (κ1) is 17.7. The van der Waals surface area contributed by atoms with Gasteiger partial charge in [-0.3, -0.25) is 0 Å². The van der Waals surface area contributed by atoms with Gasteiger partial charge in [0.25, 0.3) is 0 Å². The number of aryl methyl sites for hydroxylation is 1. The lowest BCUT2D eigenvalue weighted by atomic mass is 9.87. The topological polar surface area (TPSA) is 75.9 Å². The molecule has 0 aromatic carbocycles. The van der Waals surface area contributed by atoms with Crippen LogP contribution in [0.5, 0.6) is 0 Å². The Morgan fingerprint density at radius 2 is 1.76 bits per heavy atom. The predicted molar refractivity (Wildman–Crippen MR) is 90.4 cm³/mol. The SMILES string of the molecule is CCCCCC(C)(C)CNc1nc(CC)nc(NN)c1C. The number of nitrogens with zero attached hydrogens (tertiary/aromatic N) is 2. The van der Waals surface area contributed by atoms with Crippen LogP contribution in [-0.4, -0.2) is 16.5 Å². The summed E-state index contributed by atoms with van der Waals surface area (Å²) in [5, 5.41) is 3.48. The summed E-state index contributed by atoms with van der Waals surface area (Å²) in [5.74, 6) is 7.93. The monoisotopic (exact) mass is 293 g/mol. The van der Waals surface area contributed by atoms with Crippen molar-refractivity contribution in [3.05, 3.63) is 11.4 Å². The number of hydrogen-bond donors (Lipinski definition) is 3. The highest BCUT2D eigenvalue weighted by Crippen LogP contribution is 2.26. The quantitative estimate of drug-likeness (QED) is 0.368. The number of rotatable bonds is 9. The fourth-order valence-corrected chi connectivity index (χ4v) is 2.30. The molecule has 0 unspecified atom stereocenters. The molecule has 0 atom stereocenters. The second kappa shape index (κ2) is 8.17. The molecule has 1 aromatic heterocycles. The lowest BCUT2D eigenvalue weighted by Crippen LogP contribution is -2.24. The maximum Gasteiger partial charge on any atom is 0.148 e. The minimum absolute atomic E-state index is 0.259. The van der Waals surface area contributed by atoms with Crippen molar-refractivity contribution in [1.82, 2.24) is 9.97 Å². The standard InChI is InChI=1S/C16H31N5/c1-6-8-9-10-16(4,5)11-18-14-12(3)15(21-17)20-13(7-2)19-14/h6-11,17H2,1-5H3,(H2,18,19,20,21). The smallest absolute Gasteiger partial charge is 0.148 e. The Bertz CT molecular complexity index is 443. The van der Waals surface area contributed by atoms with Crippen LogP contribution < -0.4 is 16.6 Å². The van der Waals surface area contributed by atoms with Crippen molar-refractivity contribution in [2.45, 2.75) is 66.7 Å². The Morgan fingerprint density at radius 3 is 2.33 bits per heavy atom. The highest BCUT2D eigenvalue weighted by Gasteiger charge is 2.18. The van der Waals surface area contributed by atoms with Crippen molar-refractivity contribution in [3.63, 3.8) is 0 Å². The lowest BCUT2D eigenvalue weighted by Gasteiger charge is -2.26. The van der Waals surface area contributed by atoms with Crippen LogP contribution >= 0.6 is 0 Å². The maximum atomic E-state index is 5.54. The highest BCUT2D eigenvalue weighted by molar-refractivity contribution is 5.56. The Balaban J connectivity index is 2.73. The average Bonchev–Trinajstić information content (AvgIpc) is 2.46. The fraction of sp³-hybridized carbons (Fsp3) is 0.750. The van der Waals surface area contributed by atoms with E-state index in [4.69, 9.17) is 5.84 Å². The molecule has 0 amide bonds. The summed E-state index contributed by atoms with van der Waals surface area (Å²) in [4.78, 5) is 8.97. The summed E-state index contributed by atoms with van der Waals surface area (Å²) < 4.78 is 0. The van der Waals surface area contributed by atoms with E-state index in [1.807, 2.05) is 13.8 Å². The van der Waals surface area contributed by atoms with E-state index < -0.39 is 0 Å². The first-order chi connectivity index (χ1) is 9.93. The highest BCUT2D eigenvalue weighted by atomic mass is 15.3. The minimum atomic E-state index is 0.259. The molecular weight excluding hydrogens is 262 g/mol. The molecule has 0 fully saturated rings. The average molecular weight is 293 g/mol. The molecule has 0 saturated carbocycles. The molecule has 1 heterocycles. The Hall–Kier alpha value is -1.36. The van der Waals surface area contributed by atoms with E-state index in [-0.39, 0.29) is 5.41 Å². The molecule has 0 aliphatic rings. The van der Waals surface area contributed by atoms with E-state index in [0.717, 1.165) is 30.2 Å². The predicted octanol–water partition coefficient (Wildman–Crippen LogP) is 3.65. The van der Waals surface area contributed by atoms with Gasteiger partial charge in [-0.25, -0.2) is 15.8 Å². The van der Waals surface area contributed by atoms with E-state index >= 15 is 0 Å². The summed E-state index contributed by atoms with van der Waals surface area (Å²) in [5.41, 5.74) is 3.89. The van der Waals surface area contributed by atoms with Crippen LogP contribution in [0.15, 0.2) is 0 Å². The van der Waals surface area contributed by atoms with E-state index in [2.05, 4.69) is 41.5 Å². The second-order valence-corrected chi connectivity index (χ2v) is 6.43. The summed E-state index contributed by atoms with van der Waals surface area (Å²) >= 11 is 0. The minimum Gasteiger partial charge on any atom is -0.369 e. The van der Waals surface area contributed by atoms with Gasteiger partial charge in [0.05, 0.1) is 0 Å². The number of hydrogen-bond acceptors (Lipinski definition) is 5. The van der Waals surface area contributed by atoms with Crippen LogP contribution in [0, 0.1) is 12.3 Å². The van der Waals surface area contributed by atoms with E-state index in [1.54, 1.807) is 0 Å². The van der Waals surface area contributed by atoms with Gasteiger partial charge in [-0.1, -0.05) is 47.0 Å².